The number of aromatic nitrogens is 2. The number of piperidine rings is 1. The van der Waals surface area contributed by atoms with Gasteiger partial charge in [-0.1, -0.05) is 0 Å². The summed E-state index contributed by atoms with van der Waals surface area (Å²) in [5, 5.41) is 7.35. The van der Waals surface area contributed by atoms with E-state index in [1.807, 2.05) is 16.7 Å². The molecular weight excluding hydrogens is 292 g/mol. The quantitative estimate of drug-likeness (QED) is 0.917. The minimum absolute atomic E-state index is 0.136. The molecule has 0 aromatic carbocycles. The third-order valence-corrected chi connectivity index (χ3v) is 5.37. The van der Waals surface area contributed by atoms with Crippen molar-refractivity contribution >= 4 is 11.8 Å². The van der Waals surface area contributed by atoms with E-state index in [2.05, 4.69) is 16.3 Å². The van der Waals surface area contributed by atoms with Crippen LogP contribution in [0.25, 0.3) is 0 Å². The molecular formula is C17H24N4O2. The Hall–Kier alpha value is -1.85. The lowest BCUT2D eigenvalue weighted by Gasteiger charge is -2.33. The van der Waals surface area contributed by atoms with Crippen molar-refractivity contribution in [2.24, 2.45) is 5.92 Å². The molecule has 1 aliphatic carbocycles. The molecule has 1 N–H and O–H groups in total. The van der Waals surface area contributed by atoms with E-state index < -0.39 is 0 Å². The average molecular weight is 316 g/mol. The molecule has 0 bridgehead atoms. The molecule has 0 radical (unpaired) electrons. The molecule has 6 nitrogen and oxygen atoms in total. The van der Waals surface area contributed by atoms with Gasteiger partial charge in [-0.05, 0) is 38.7 Å². The minimum Gasteiger partial charge on any atom is -0.342 e. The second kappa shape index (κ2) is 5.65. The van der Waals surface area contributed by atoms with Crippen LogP contribution in [0.1, 0.15) is 49.4 Å². The Morgan fingerprint density at radius 2 is 2.13 bits per heavy atom. The topological polar surface area (TPSA) is 69.3 Å². The molecule has 3 heterocycles. The van der Waals surface area contributed by atoms with Crippen molar-refractivity contribution in [3.63, 3.8) is 0 Å². The van der Waals surface area contributed by atoms with E-state index in [-0.39, 0.29) is 17.7 Å². The zero-order valence-corrected chi connectivity index (χ0v) is 13.6. The number of likely N-dealkylation sites (tertiary alicyclic amines) is 2. The largest absolute Gasteiger partial charge is 0.342 e. The SMILES string of the molecule is Cc1cc([C@@H]2CCCN(C(=O)[C@@H]3CC(=O)N(C4CC4)C3)C2)n[nH]1. The Kier molecular flexibility index (Phi) is 3.62. The van der Waals surface area contributed by atoms with E-state index in [0.29, 0.717) is 24.9 Å². The van der Waals surface area contributed by atoms with Crippen molar-refractivity contribution in [1.29, 1.82) is 0 Å². The smallest absolute Gasteiger partial charge is 0.228 e. The van der Waals surface area contributed by atoms with Crippen LogP contribution < -0.4 is 0 Å². The Bertz CT molecular complexity index is 622. The Labute approximate surface area is 136 Å². The number of aryl methyl sites for hydroxylation is 1. The van der Waals surface area contributed by atoms with Crippen molar-refractivity contribution in [1.82, 2.24) is 20.0 Å². The monoisotopic (exact) mass is 316 g/mol. The summed E-state index contributed by atoms with van der Waals surface area (Å²) in [5.74, 6) is 0.512. The number of aromatic amines is 1. The first-order valence-electron chi connectivity index (χ1n) is 8.72. The number of nitrogens with zero attached hydrogens (tertiary/aromatic N) is 3. The van der Waals surface area contributed by atoms with Gasteiger partial charge in [0.1, 0.15) is 0 Å². The highest BCUT2D eigenvalue weighted by Crippen LogP contribution is 2.34. The van der Waals surface area contributed by atoms with Gasteiger partial charge in [-0.3, -0.25) is 14.7 Å². The fourth-order valence-corrected chi connectivity index (χ4v) is 3.96. The van der Waals surface area contributed by atoms with Crippen LogP contribution in [0.4, 0.5) is 0 Å². The molecule has 1 aromatic heterocycles. The summed E-state index contributed by atoms with van der Waals surface area (Å²) in [7, 11) is 0. The molecule has 2 amide bonds. The van der Waals surface area contributed by atoms with Crippen molar-refractivity contribution < 1.29 is 9.59 Å². The van der Waals surface area contributed by atoms with Crippen LogP contribution in [0.5, 0.6) is 0 Å². The van der Waals surface area contributed by atoms with Crippen LogP contribution in [0.15, 0.2) is 6.07 Å². The van der Waals surface area contributed by atoms with Gasteiger partial charge in [0.2, 0.25) is 11.8 Å². The Balaban J connectivity index is 1.41. The lowest BCUT2D eigenvalue weighted by Crippen LogP contribution is -2.43. The van der Waals surface area contributed by atoms with E-state index in [1.165, 1.54) is 0 Å². The summed E-state index contributed by atoms with van der Waals surface area (Å²) >= 11 is 0. The summed E-state index contributed by atoms with van der Waals surface area (Å²) < 4.78 is 0. The highest BCUT2D eigenvalue weighted by Gasteiger charge is 2.43. The van der Waals surface area contributed by atoms with Gasteiger partial charge >= 0.3 is 0 Å². The van der Waals surface area contributed by atoms with E-state index in [4.69, 9.17) is 0 Å². The summed E-state index contributed by atoms with van der Waals surface area (Å²) in [6, 6.07) is 2.49. The lowest BCUT2D eigenvalue weighted by molar-refractivity contribution is -0.137. The summed E-state index contributed by atoms with van der Waals surface area (Å²) in [6.45, 7) is 4.17. The van der Waals surface area contributed by atoms with Gasteiger partial charge in [0.05, 0.1) is 11.6 Å². The normalized spacial score (nSPS) is 28.5. The highest BCUT2D eigenvalue weighted by atomic mass is 16.2. The summed E-state index contributed by atoms with van der Waals surface area (Å²) in [6.07, 6.45) is 4.70. The van der Waals surface area contributed by atoms with Gasteiger partial charge < -0.3 is 9.80 Å². The predicted octanol–water partition coefficient (Wildman–Crippen LogP) is 1.44. The summed E-state index contributed by atoms with van der Waals surface area (Å²) in [5.41, 5.74) is 2.12. The van der Waals surface area contributed by atoms with Crippen molar-refractivity contribution in [2.75, 3.05) is 19.6 Å². The molecule has 1 aromatic rings. The maximum absolute atomic E-state index is 12.8. The zero-order chi connectivity index (χ0) is 16.0. The van der Waals surface area contributed by atoms with Gasteiger partial charge in [0.15, 0.2) is 0 Å². The molecule has 0 unspecified atom stereocenters. The maximum Gasteiger partial charge on any atom is 0.228 e. The standard InChI is InChI=1S/C17H24N4O2/c1-11-7-15(19-18-11)12-3-2-6-20(9-12)17(23)13-8-16(22)21(10-13)14-4-5-14/h7,12-14H,2-6,8-10H2,1H3,(H,18,19)/t12-,13-/m1/s1. The molecule has 23 heavy (non-hydrogen) atoms. The van der Waals surface area contributed by atoms with E-state index in [9.17, 15) is 9.59 Å². The van der Waals surface area contributed by atoms with E-state index in [0.717, 1.165) is 50.2 Å². The van der Waals surface area contributed by atoms with Gasteiger partial charge in [-0.25, -0.2) is 0 Å². The third-order valence-electron chi connectivity index (χ3n) is 5.37. The minimum atomic E-state index is -0.136. The number of H-pyrrole nitrogens is 1. The number of hydrogen-bond acceptors (Lipinski definition) is 3. The van der Waals surface area contributed by atoms with Gasteiger partial charge in [0, 0.05) is 43.7 Å². The first-order chi connectivity index (χ1) is 11.1. The van der Waals surface area contributed by atoms with Gasteiger partial charge in [-0.2, -0.15) is 5.10 Å². The van der Waals surface area contributed by atoms with E-state index >= 15 is 0 Å². The fourth-order valence-electron chi connectivity index (χ4n) is 3.96. The third kappa shape index (κ3) is 2.86. The molecule has 2 atom stereocenters. The second-order valence-corrected chi connectivity index (χ2v) is 7.28. The predicted molar refractivity (Wildman–Crippen MR) is 84.7 cm³/mol. The first-order valence-corrected chi connectivity index (χ1v) is 8.72. The summed E-state index contributed by atoms with van der Waals surface area (Å²) in [4.78, 5) is 28.8. The number of amides is 2. The number of carbonyl (C=O) groups is 2. The van der Waals surface area contributed by atoms with Crippen molar-refractivity contribution in [3.05, 3.63) is 17.5 Å². The number of rotatable bonds is 3. The maximum atomic E-state index is 12.8. The highest BCUT2D eigenvalue weighted by molar-refractivity contribution is 5.89. The van der Waals surface area contributed by atoms with Crippen LogP contribution in [-0.4, -0.2) is 57.5 Å². The Morgan fingerprint density at radius 3 is 2.83 bits per heavy atom. The first kappa shape index (κ1) is 14.7. The molecule has 124 valence electrons. The molecule has 2 saturated heterocycles. The average Bonchev–Trinajstić information content (AvgIpc) is 3.19. The molecule has 3 aliphatic rings. The molecule has 2 aliphatic heterocycles. The van der Waals surface area contributed by atoms with E-state index in [1.54, 1.807) is 0 Å². The van der Waals surface area contributed by atoms with Crippen LogP contribution in [-0.2, 0) is 9.59 Å². The molecule has 3 fully saturated rings. The molecule has 0 spiro atoms. The number of carbonyl (C=O) groups excluding carboxylic acids is 2. The fraction of sp³-hybridized carbons (Fsp3) is 0.706. The lowest BCUT2D eigenvalue weighted by atomic mass is 9.93. The molecule has 1 saturated carbocycles. The Morgan fingerprint density at radius 1 is 1.30 bits per heavy atom. The van der Waals surface area contributed by atoms with Crippen LogP contribution in [0.3, 0.4) is 0 Å². The van der Waals surface area contributed by atoms with Crippen LogP contribution in [0.2, 0.25) is 0 Å². The van der Waals surface area contributed by atoms with Crippen LogP contribution in [0, 0.1) is 12.8 Å². The van der Waals surface area contributed by atoms with Gasteiger partial charge in [-0.15, -0.1) is 0 Å². The molecule has 4 rings (SSSR count). The molecule has 6 heteroatoms. The van der Waals surface area contributed by atoms with Crippen molar-refractivity contribution in [3.8, 4) is 0 Å². The number of hydrogen-bond donors (Lipinski definition) is 1. The second-order valence-electron chi connectivity index (χ2n) is 7.28. The van der Waals surface area contributed by atoms with Crippen molar-refractivity contribution in [2.45, 2.75) is 51.0 Å². The van der Waals surface area contributed by atoms with Crippen LogP contribution >= 0.6 is 0 Å². The van der Waals surface area contributed by atoms with Gasteiger partial charge in [0.25, 0.3) is 0 Å². The number of nitrogens with one attached hydrogen (secondary N) is 1. The zero-order valence-electron chi connectivity index (χ0n) is 13.6.